The van der Waals surface area contributed by atoms with E-state index in [0.717, 1.165) is 0 Å². The molecule has 0 saturated carbocycles. The van der Waals surface area contributed by atoms with Gasteiger partial charge in [0, 0.05) is 19.2 Å². The summed E-state index contributed by atoms with van der Waals surface area (Å²) >= 11 is 0. The first-order valence-electron chi connectivity index (χ1n) is 8.27. The summed E-state index contributed by atoms with van der Waals surface area (Å²) in [5.74, 6) is 0.690. The fraction of sp³-hybridized carbons (Fsp3) is 0.824. The smallest absolute Gasteiger partial charge is 0.0655 e. The van der Waals surface area contributed by atoms with Gasteiger partial charge in [0.05, 0.1) is 5.69 Å². The van der Waals surface area contributed by atoms with Gasteiger partial charge in [-0.1, -0.05) is 65.2 Å². The summed E-state index contributed by atoms with van der Waals surface area (Å²) in [7, 11) is 2.02. The van der Waals surface area contributed by atoms with Crippen LogP contribution in [0.1, 0.15) is 89.7 Å². The van der Waals surface area contributed by atoms with Crippen molar-refractivity contribution in [3.05, 3.63) is 18.0 Å². The maximum atomic E-state index is 4.63. The predicted octanol–water partition coefficient (Wildman–Crippen LogP) is 5.44. The molecule has 0 unspecified atom stereocenters. The molecule has 2 heteroatoms. The molecular weight excluding hydrogens is 232 g/mol. The molecular formula is C17H32N2. The van der Waals surface area contributed by atoms with E-state index in [0.29, 0.717) is 5.92 Å². The number of rotatable bonds is 11. The van der Waals surface area contributed by atoms with Crippen molar-refractivity contribution in [2.24, 2.45) is 7.05 Å². The van der Waals surface area contributed by atoms with Gasteiger partial charge in [-0.3, -0.25) is 4.68 Å². The predicted molar refractivity (Wildman–Crippen MR) is 83.5 cm³/mol. The molecule has 110 valence electrons. The lowest BCUT2D eigenvalue weighted by Gasteiger charge is -2.14. The fourth-order valence-corrected chi connectivity index (χ4v) is 2.73. The second-order valence-electron chi connectivity index (χ2n) is 5.81. The van der Waals surface area contributed by atoms with Crippen molar-refractivity contribution >= 4 is 0 Å². The average molecular weight is 264 g/mol. The highest BCUT2D eigenvalue weighted by Gasteiger charge is 2.13. The Balaban J connectivity index is 2.38. The topological polar surface area (TPSA) is 17.8 Å². The van der Waals surface area contributed by atoms with E-state index in [1.807, 2.05) is 11.7 Å². The molecule has 0 N–H and O–H groups in total. The average Bonchev–Trinajstić information content (AvgIpc) is 2.83. The van der Waals surface area contributed by atoms with Gasteiger partial charge in [0.2, 0.25) is 0 Å². The van der Waals surface area contributed by atoms with Crippen LogP contribution >= 0.6 is 0 Å². The molecule has 0 fully saturated rings. The normalized spacial score (nSPS) is 11.4. The first-order valence-corrected chi connectivity index (χ1v) is 8.27. The number of aryl methyl sites for hydroxylation is 1. The first-order chi connectivity index (χ1) is 9.27. The largest absolute Gasteiger partial charge is 0.276 e. The van der Waals surface area contributed by atoms with E-state index in [1.54, 1.807) is 0 Å². The van der Waals surface area contributed by atoms with Crippen molar-refractivity contribution in [3.8, 4) is 0 Å². The highest BCUT2D eigenvalue weighted by Crippen LogP contribution is 2.27. The third-order valence-corrected chi connectivity index (χ3v) is 3.96. The Morgan fingerprint density at radius 3 is 1.95 bits per heavy atom. The summed E-state index contributed by atoms with van der Waals surface area (Å²) < 4.78 is 1.94. The van der Waals surface area contributed by atoms with Gasteiger partial charge in [0.15, 0.2) is 0 Å². The van der Waals surface area contributed by atoms with Crippen LogP contribution in [0.4, 0.5) is 0 Å². The lowest BCUT2D eigenvalue weighted by molar-refractivity contribution is 0.484. The van der Waals surface area contributed by atoms with Crippen LogP contribution in [0.2, 0.25) is 0 Å². The molecule has 1 aromatic heterocycles. The molecule has 0 aliphatic heterocycles. The van der Waals surface area contributed by atoms with Crippen molar-refractivity contribution in [3.63, 3.8) is 0 Å². The maximum Gasteiger partial charge on any atom is 0.0655 e. The van der Waals surface area contributed by atoms with Crippen molar-refractivity contribution in [1.29, 1.82) is 0 Å². The van der Waals surface area contributed by atoms with Crippen LogP contribution in [0.25, 0.3) is 0 Å². The quantitative estimate of drug-likeness (QED) is 0.486. The summed E-state index contributed by atoms with van der Waals surface area (Å²) in [6.45, 7) is 4.56. The molecule has 0 spiro atoms. The number of hydrogen-bond donors (Lipinski definition) is 0. The van der Waals surface area contributed by atoms with E-state index in [9.17, 15) is 0 Å². The van der Waals surface area contributed by atoms with Crippen molar-refractivity contribution in [2.75, 3.05) is 0 Å². The molecule has 0 aliphatic carbocycles. The summed E-state index contributed by atoms with van der Waals surface area (Å²) in [4.78, 5) is 0. The minimum atomic E-state index is 0.690. The minimum absolute atomic E-state index is 0.690. The van der Waals surface area contributed by atoms with Crippen molar-refractivity contribution in [1.82, 2.24) is 9.78 Å². The Bertz CT molecular complexity index is 305. The zero-order chi connectivity index (χ0) is 13.9. The minimum Gasteiger partial charge on any atom is -0.276 e. The van der Waals surface area contributed by atoms with Crippen LogP contribution < -0.4 is 0 Å². The SMILES string of the molecule is CCCCCCC(CCCCCC)c1ccn(C)n1. The van der Waals surface area contributed by atoms with Gasteiger partial charge in [0.25, 0.3) is 0 Å². The van der Waals surface area contributed by atoms with Crippen LogP contribution in [-0.2, 0) is 7.05 Å². The van der Waals surface area contributed by atoms with Crippen LogP contribution in [0.3, 0.4) is 0 Å². The lowest BCUT2D eigenvalue weighted by atomic mass is 9.92. The molecule has 0 amide bonds. The van der Waals surface area contributed by atoms with Gasteiger partial charge in [-0.05, 0) is 18.9 Å². The molecule has 1 heterocycles. The molecule has 0 bridgehead atoms. The Morgan fingerprint density at radius 2 is 1.53 bits per heavy atom. The molecule has 0 atom stereocenters. The molecule has 0 aliphatic rings. The second kappa shape index (κ2) is 10.1. The number of aromatic nitrogens is 2. The third-order valence-electron chi connectivity index (χ3n) is 3.96. The molecule has 0 radical (unpaired) electrons. The Labute approximate surface area is 119 Å². The van der Waals surface area contributed by atoms with Crippen LogP contribution in [0.15, 0.2) is 12.3 Å². The molecule has 0 aromatic carbocycles. The van der Waals surface area contributed by atoms with Crippen LogP contribution in [-0.4, -0.2) is 9.78 Å². The number of nitrogens with zero attached hydrogens (tertiary/aromatic N) is 2. The van der Waals surface area contributed by atoms with Crippen LogP contribution in [0.5, 0.6) is 0 Å². The van der Waals surface area contributed by atoms with Crippen LogP contribution in [0, 0.1) is 0 Å². The monoisotopic (exact) mass is 264 g/mol. The summed E-state index contributed by atoms with van der Waals surface area (Å²) in [6, 6.07) is 2.21. The van der Waals surface area contributed by atoms with Gasteiger partial charge in [0.1, 0.15) is 0 Å². The van der Waals surface area contributed by atoms with E-state index in [2.05, 4.69) is 31.2 Å². The lowest BCUT2D eigenvalue weighted by Crippen LogP contribution is -2.02. The highest BCUT2D eigenvalue weighted by molar-refractivity contribution is 5.06. The van der Waals surface area contributed by atoms with E-state index in [1.165, 1.54) is 69.9 Å². The third kappa shape index (κ3) is 6.79. The number of hydrogen-bond acceptors (Lipinski definition) is 1. The fourth-order valence-electron chi connectivity index (χ4n) is 2.73. The standard InChI is InChI=1S/C17H32N2/c1-4-6-8-10-12-16(13-11-9-7-5-2)17-14-15-19(3)18-17/h14-16H,4-13H2,1-3H3. The van der Waals surface area contributed by atoms with E-state index >= 15 is 0 Å². The van der Waals surface area contributed by atoms with Gasteiger partial charge in [-0.25, -0.2) is 0 Å². The van der Waals surface area contributed by atoms with Gasteiger partial charge in [-0.2, -0.15) is 5.10 Å². The molecule has 1 aromatic rings. The van der Waals surface area contributed by atoms with E-state index < -0.39 is 0 Å². The Kier molecular flexibility index (Phi) is 8.61. The van der Waals surface area contributed by atoms with Crippen molar-refractivity contribution in [2.45, 2.75) is 84.0 Å². The molecule has 19 heavy (non-hydrogen) atoms. The van der Waals surface area contributed by atoms with E-state index in [-0.39, 0.29) is 0 Å². The number of unbranched alkanes of at least 4 members (excludes halogenated alkanes) is 6. The first kappa shape index (κ1) is 16.3. The molecule has 1 rings (SSSR count). The van der Waals surface area contributed by atoms with Gasteiger partial charge < -0.3 is 0 Å². The Morgan fingerprint density at radius 1 is 0.947 bits per heavy atom. The zero-order valence-corrected chi connectivity index (χ0v) is 13.2. The summed E-state index contributed by atoms with van der Waals surface area (Å²) in [6.07, 6.45) is 15.6. The van der Waals surface area contributed by atoms with Crippen molar-refractivity contribution < 1.29 is 0 Å². The zero-order valence-electron chi connectivity index (χ0n) is 13.2. The summed E-state index contributed by atoms with van der Waals surface area (Å²) in [5.41, 5.74) is 1.32. The van der Waals surface area contributed by atoms with E-state index in [4.69, 9.17) is 0 Å². The highest BCUT2D eigenvalue weighted by atomic mass is 15.2. The maximum absolute atomic E-state index is 4.63. The second-order valence-corrected chi connectivity index (χ2v) is 5.81. The molecule has 2 nitrogen and oxygen atoms in total. The molecule has 0 saturated heterocycles. The Hall–Kier alpha value is -0.790. The van der Waals surface area contributed by atoms with Gasteiger partial charge >= 0.3 is 0 Å². The summed E-state index contributed by atoms with van der Waals surface area (Å²) in [5, 5.41) is 4.63. The van der Waals surface area contributed by atoms with Gasteiger partial charge in [-0.15, -0.1) is 0 Å².